The summed E-state index contributed by atoms with van der Waals surface area (Å²) in [6, 6.07) is 0. The molecule has 2 nitrogen and oxygen atoms in total. The molecule has 3 rings (SSSR count). The number of hydrogen-bond donors (Lipinski definition) is 1. The van der Waals surface area contributed by atoms with Crippen LogP contribution >= 0.6 is 11.8 Å². The molecule has 1 saturated carbocycles. The third-order valence-corrected chi connectivity index (χ3v) is 6.23. The molecule has 1 aliphatic carbocycles. The summed E-state index contributed by atoms with van der Waals surface area (Å²) < 4.78 is 6.17. The topological polar surface area (TPSA) is 35.2 Å². The van der Waals surface area contributed by atoms with Crippen LogP contribution in [0.3, 0.4) is 0 Å². The Morgan fingerprint density at radius 2 is 1.76 bits per heavy atom. The summed E-state index contributed by atoms with van der Waals surface area (Å²) in [5.41, 5.74) is 7.03. The van der Waals surface area contributed by atoms with E-state index in [9.17, 15) is 0 Å². The molecular formula is C14H25NOS. The Labute approximate surface area is 109 Å². The first-order valence-electron chi connectivity index (χ1n) is 7.23. The van der Waals surface area contributed by atoms with Crippen LogP contribution in [0.15, 0.2) is 0 Å². The van der Waals surface area contributed by atoms with Crippen molar-refractivity contribution >= 4 is 11.8 Å². The largest absolute Gasteiger partial charge is 0.375 e. The van der Waals surface area contributed by atoms with Crippen LogP contribution in [0.25, 0.3) is 0 Å². The Kier molecular flexibility index (Phi) is 3.44. The van der Waals surface area contributed by atoms with Crippen LogP contribution in [-0.2, 0) is 4.74 Å². The first kappa shape index (κ1) is 12.3. The molecule has 2 saturated heterocycles. The van der Waals surface area contributed by atoms with E-state index in [1.54, 1.807) is 0 Å². The quantitative estimate of drug-likeness (QED) is 0.782. The van der Waals surface area contributed by atoms with Gasteiger partial charge in [-0.3, -0.25) is 0 Å². The summed E-state index contributed by atoms with van der Waals surface area (Å²) >= 11 is 2.08. The molecule has 17 heavy (non-hydrogen) atoms. The molecule has 98 valence electrons. The maximum Gasteiger partial charge on any atom is 0.0701 e. The predicted molar refractivity (Wildman–Crippen MR) is 73.4 cm³/mol. The normalized spacial score (nSPS) is 36.2. The van der Waals surface area contributed by atoms with E-state index in [0.717, 1.165) is 12.5 Å². The van der Waals surface area contributed by atoms with Crippen molar-refractivity contribution < 1.29 is 4.74 Å². The lowest BCUT2D eigenvalue weighted by Crippen LogP contribution is -2.53. The van der Waals surface area contributed by atoms with Gasteiger partial charge in [0.2, 0.25) is 0 Å². The molecule has 0 amide bonds. The molecule has 2 N–H and O–H groups in total. The summed E-state index contributed by atoms with van der Waals surface area (Å²) in [4.78, 5) is 0. The van der Waals surface area contributed by atoms with Crippen LogP contribution in [0.2, 0.25) is 0 Å². The van der Waals surface area contributed by atoms with Gasteiger partial charge >= 0.3 is 0 Å². The Hall–Kier alpha value is 0.270. The highest BCUT2D eigenvalue weighted by molar-refractivity contribution is 7.99. The Morgan fingerprint density at radius 1 is 1.06 bits per heavy atom. The minimum atomic E-state index is 0.154. The smallest absolute Gasteiger partial charge is 0.0701 e. The minimum absolute atomic E-state index is 0.154. The van der Waals surface area contributed by atoms with Gasteiger partial charge in [0, 0.05) is 12.1 Å². The van der Waals surface area contributed by atoms with Gasteiger partial charge in [-0.25, -0.2) is 0 Å². The molecule has 0 aromatic carbocycles. The third kappa shape index (κ3) is 2.39. The van der Waals surface area contributed by atoms with Crippen molar-refractivity contribution in [3.63, 3.8) is 0 Å². The Balaban J connectivity index is 1.70. The highest BCUT2D eigenvalue weighted by Crippen LogP contribution is 2.46. The summed E-state index contributed by atoms with van der Waals surface area (Å²) in [5.74, 6) is 3.29. The van der Waals surface area contributed by atoms with E-state index in [0.29, 0.717) is 0 Å². The molecule has 3 aliphatic rings. The fourth-order valence-corrected chi connectivity index (χ4v) is 5.29. The van der Waals surface area contributed by atoms with Gasteiger partial charge in [-0.05, 0) is 55.9 Å². The molecule has 2 heterocycles. The SMILES string of the molecule is NC1(C2CCOC3(CCSCC3)C2)CCCC1. The number of rotatable bonds is 1. The molecular weight excluding hydrogens is 230 g/mol. The van der Waals surface area contributed by atoms with Gasteiger partial charge in [-0.1, -0.05) is 12.8 Å². The van der Waals surface area contributed by atoms with Crippen LogP contribution in [0.1, 0.15) is 51.4 Å². The first-order valence-corrected chi connectivity index (χ1v) is 8.39. The van der Waals surface area contributed by atoms with E-state index >= 15 is 0 Å². The van der Waals surface area contributed by atoms with Gasteiger partial charge in [-0.15, -0.1) is 0 Å². The van der Waals surface area contributed by atoms with Crippen LogP contribution in [0.4, 0.5) is 0 Å². The average molecular weight is 255 g/mol. The maximum atomic E-state index is 6.66. The van der Waals surface area contributed by atoms with E-state index in [1.807, 2.05) is 0 Å². The molecule has 0 aromatic heterocycles. The molecule has 0 radical (unpaired) electrons. The lowest BCUT2D eigenvalue weighted by molar-refractivity contribution is -0.113. The van der Waals surface area contributed by atoms with E-state index < -0.39 is 0 Å². The lowest BCUT2D eigenvalue weighted by Gasteiger charge is -2.47. The van der Waals surface area contributed by atoms with Gasteiger partial charge < -0.3 is 10.5 Å². The van der Waals surface area contributed by atoms with Gasteiger partial charge in [0.1, 0.15) is 0 Å². The van der Waals surface area contributed by atoms with E-state index in [2.05, 4.69) is 11.8 Å². The Morgan fingerprint density at radius 3 is 2.47 bits per heavy atom. The fourth-order valence-electron chi connectivity index (χ4n) is 4.05. The van der Waals surface area contributed by atoms with Crippen molar-refractivity contribution in [2.24, 2.45) is 11.7 Å². The third-order valence-electron chi connectivity index (χ3n) is 5.24. The number of nitrogens with two attached hydrogens (primary N) is 1. The van der Waals surface area contributed by atoms with Crippen LogP contribution in [-0.4, -0.2) is 29.3 Å². The molecule has 0 aromatic rings. The van der Waals surface area contributed by atoms with Gasteiger partial charge in [0.05, 0.1) is 5.60 Å². The van der Waals surface area contributed by atoms with Crippen molar-refractivity contribution in [2.45, 2.75) is 62.5 Å². The molecule has 3 heteroatoms. The summed E-state index contributed by atoms with van der Waals surface area (Å²) in [7, 11) is 0. The standard InChI is InChI=1S/C14H25NOS/c15-14(4-1-2-5-14)12-3-8-16-13(11-12)6-9-17-10-7-13/h12H,1-11,15H2. The zero-order valence-corrected chi connectivity index (χ0v) is 11.6. The van der Waals surface area contributed by atoms with E-state index in [1.165, 1.54) is 62.9 Å². The van der Waals surface area contributed by atoms with E-state index in [4.69, 9.17) is 10.5 Å². The van der Waals surface area contributed by atoms with Crippen molar-refractivity contribution in [2.75, 3.05) is 18.1 Å². The highest BCUT2D eigenvalue weighted by Gasteiger charge is 2.46. The number of ether oxygens (including phenoxy) is 1. The summed E-state index contributed by atoms with van der Waals surface area (Å²) in [6.07, 6.45) is 10.1. The van der Waals surface area contributed by atoms with Gasteiger partial charge in [-0.2, -0.15) is 11.8 Å². The molecule has 1 spiro atoms. The predicted octanol–water partition coefficient (Wildman–Crippen LogP) is 2.95. The minimum Gasteiger partial charge on any atom is -0.375 e. The van der Waals surface area contributed by atoms with E-state index in [-0.39, 0.29) is 11.1 Å². The zero-order valence-electron chi connectivity index (χ0n) is 10.7. The number of hydrogen-bond acceptors (Lipinski definition) is 3. The molecule has 1 atom stereocenters. The average Bonchev–Trinajstić information content (AvgIpc) is 2.79. The fraction of sp³-hybridized carbons (Fsp3) is 1.00. The molecule has 3 fully saturated rings. The molecule has 2 aliphatic heterocycles. The summed E-state index contributed by atoms with van der Waals surface area (Å²) in [6.45, 7) is 0.953. The van der Waals surface area contributed by atoms with Crippen LogP contribution in [0.5, 0.6) is 0 Å². The lowest BCUT2D eigenvalue weighted by atomic mass is 9.71. The zero-order chi connectivity index (χ0) is 11.8. The maximum absolute atomic E-state index is 6.66. The van der Waals surface area contributed by atoms with Gasteiger partial charge in [0.25, 0.3) is 0 Å². The second kappa shape index (κ2) is 4.75. The van der Waals surface area contributed by atoms with Crippen molar-refractivity contribution in [3.8, 4) is 0 Å². The molecule has 1 unspecified atom stereocenters. The van der Waals surface area contributed by atoms with Crippen LogP contribution in [0, 0.1) is 5.92 Å². The van der Waals surface area contributed by atoms with Crippen molar-refractivity contribution in [3.05, 3.63) is 0 Å². The van der Waals surface area contributed by atoms with Crippen molar-refractivity contribution in [1.29, 1.82) is 0 Å². The highest BCUT2D eigenvalue weighted by atomic mass is 32.2. The monoisotopic (exact) mass is 255 g/mol. The summed E-state index contributed by atoms with van der Waals surface area (Å²) in [5, 5.41) is 0. The Bertz CT molecular complexity index is 264. The van der Waals surface area contributed by atoms with Crippen molar-refractivity contribution in [1.82, 2.24) is 0 Å². The second-order valence-electron chi connectivity index (χ2n) is 6.27. The van der Waals surface area contributed by atoms with Gasteiger partial charge in [0.15, 0.2) is 0 Å². The second-order valence-corrected chi connectivity index (χ2v) is 7.50. The first-order chi connectivity index (χ1) is 8.23. The molecule has 0 bridgehead atoms. The van der Waals surface area contributed by atoms with Crippen LogP contribution < -0.4 is 5.73 Å². The number of thioether (sulfide) groups is 1.